The monoisotopic (exact) mass is 369 g/mol. The highest BCUT2D eigenvalue weighted by Gasteiger charge is 2.12. The summed E-state index contributed by atoms with van der Waals surface area (Å²) < 4.78 is 28.4. The Hall–Kier alpha value is -2.86. The number of fused-ring (bicyclic) bond motifs is 1. The van der Waals surface area contributed by atoms with Crippen molar-refractivity contribution in [3.63, 3.8) is 0 Å². The zero-order valence-electron chi connectivity index (χ0n) is 14.5. The number of benzene rings is 3. The minimum absolute atomic E-state index is 0.185. The van der Waals surface area contributed by atoms with Crippen molar-refractivity contribution in [1.82, 2.24) is 5.32 Å². The average Bonchev–Trinajstić information content (AvgIpc) is 2.65. The number of rotatable bonds is 5. The number of sulfone groups is 1. The lowest BCUT2D eigenvalue weighted by atomic mass is 10.0. The molecule has 1 amide bonds. The van der Waals surface area contributed by atoms with Crippen LogP contribution in [0.2, 0.25) is 0 Å². The molecule has 0 bridgehead atoms. The number of carbonyl (C=O) groups is 1. The first kappa shape index (κ1) is 17.9. The fourth-order valence-electron chi connectivity index (χ4n) is 2.81. The maximum atomic E-state index is 12.4. The Balaban J connectivity index is 1.83. The van der Waals surface area contributed by atoms with E-state index in [2.05, 4.69) is 5.32 Å². The third-order valence-corrected chi connectivity index (χ3v) is 5.32. The normalized spacial score (nSPS) is 11.3. The van der Waals surface area contributed by atoms with Crippen LogP contribution in [0.5, 0.6) is 5.75 Å². The molecule has 0 heterocycles. The number of hydrogen-bond donors (Lipinski definition) is 1. The largest absolute Gasteiger partial charge is 0.496 e. The van der Waals surface area contributed by atoms with Crippen molar-refractivity contribution in [1.29, 1.82) is 0 Å². The minimum Gasteiger partial charge on any atom is -0.496 e. The van der Waals surface area contributed by atoms with Crippen LogP contribution in [-0.2, 0) is 16.4 Å². The Kier molecular flexibility index (Phi) is 4.95. The Morgan fingerprint density at radius 1 is 1.00 bits per heavy atom. The summed E-state index contributed by atoms with van der Waals surface area (Å²) in [6, 6.07) is 17.6. The summed E-state index contributed by atoms with van der Waals surface area (Å²) in [5.41, 5.74) is 1.29. The number of hydrogen-bond acceptors (Lipinski definition) is 4. The maximum absolute atomic E-state index is 12.4. The molecule has 3 aromatic carbocycles. The van der Waals surface area contributed by atoms with Crippen molar-refractivity contribution in [2.24, 2.45) is 0 Å². The summed E-state index contributed by atoms with van der Waals surface area (Å²) in [4.78, 5) is 12.6. The minimum atomic E-state index is -3.28. The lowest BCUT2D eigenvalue weighted by molar-refractivity contribution is 0.0950. The Labute approximate surface area is 152 Å². The molecule has 0 spiro atoms. The van der Waals surface area contributed by atoms with E-state index in [1.807, 2.05) is 36.4 Å². The van der Waals surface area contributed by atoms with Gasteiger partial charge in [0.2, 0.25) is 0 Å². The van der Waals surface area contributed by atoms with E-state index >= 15 is 0 Å². The molecule has 6 heteroatoms. The van der Waals surface area contributed by atoms with Crippen LogP contribution in [0.4, 0.5) is 0 Å². The highest BCUT2D eigenvalue weighted by Crippen LogP contribution is 2.27. The lowest BCUT2D eigenvalue weighted by Gasteiger charge is -2.13. The van der Waals surface area contributed by atoms with Crippen molar-refractivity contribution in [3.8, 4) is 5.75 Å². The highest BCUT2D eigenvalue weighted by atomic mass is 32.2. The fourth-order valence-corrected chi connectivity index (χ4v) is 3.44. The van der Waals surface area contributed by atoms with Crippen molar-refractivity contribution >= 4 is 26.5 Å². The van der Waals surface area contributed by atoms with Crippen molar-refractivity contribution in [2.45, 2.75) is 11.4 Å². The van der Waals surface area contributed by atoms with Crippen LogP contribution in [0.15, 0.2) is 65.6 Å². The van der Waals surface area contributed by atoms with Gasteiger partial charge in [-0.1, -0.05) is 30.3 Å². The molecule has 26 heavy (non-hydrogen) atoms. The SMILES string of the molecule is COc1ccc2ccccc2c1CNC(=O)c1ccc(S(C)(=O)=O)cc1. The van der Waals surface area contributed by atoms with E-state index in [1.165, 1.54) is 24.3 Å². The molecule has 134 valence electrons. The van der Waals surface area contributed by atoms with Gasteiger partial charge in [0, 0.05) is 23.9 Å². The molecular weight excluding hydrogens is 350 g/mol. The number of methoxy groups -OCH3 is 1. The second-order valence-electron chi connectivity index (χ2n) is 5.95. The molecule has 0 unspecified atom stereocenters. The van der Waals surface area contributed by atoms with Crippen LogP contribution >= 0.6 is 0 Å². The molecule has 0 aromatic heterocycles. The summed E-state index contributed by atoms with van der Waals surface area (Å²) in [7, 11) is -1.69. The number of amides is 1. The quantitative estimate of drug-likeness (QED) is 0.750. The van der Waals surface area contributed by atoms with Crippen LogP contribution in [0.25, 0.3) is 10.8 Å². The summed E-state index contributed by atoms with van der Waals surface area (Å²) in [6.07, 6.45) is 1.13. The van der Waals surface area contributed by atoms with Crippen molar-refractivity contribution in [2.75, 3.05) is 13.4 Å². The predicted molar refractivity (Wildman–Crippen MR) is 101 cm³/mol. The molecule has 0 saturated heterocycles. The molecule has 0 fully saturated rings. The summed E-state index contributed by atoms with van der Waals surface area (Å²) >= 11 is 0. The van der Waals surface area contributed by atoms with Gasteiger partial charge in [0.1, 0.15) is 5.75 Å². The third-order valence-electron chi connectivity index (χ3n) is 4.19. The molecule has 0 aliphatic heterocycles. The molecule has 1 N–H and O–H groups in total. The van der Waals surface area contributed by atoms with Crippen molar-refractivity contribution in [3.05, 3.63) is 71.8 Å². The molecule has 0 radical (unpaired) electrons. The molecule has 0 aliphatic carbocycles. The van der Waals surface area contributed by atoms with E-state index in [-0.39, 0.29) is 10.8 Å². The van der Waals surface area contributed by atoms with Gasteiger partial charge >= 0.3 is 0 Å². The van der Waals surface area contributed by atoms with Gasteiger partial charge in [0.05, 0.1) is 12.0 Å². The first-order valence-electron chi connectivity index (χ1n) is 8.03. The van der Waals surface area contributed by atoms with Crippen LogP contribution < -0.4 is 10.1 Å². The molecule has 3 aromatic rings. The summed E-state index contributed by atoms with van der Waals surface area (Å²) in [5, 5.41) is 4.95. The Morgan fingerprint density at radius 2 is 1.69 bits per heavy atom. The second kappa shape index (κ2) is 7.17. The molecule has 3 rings (SSSR count). The Morgan fingerprint density at radius 3 is 2.35 bits per heavy atom. The number of carbonyl (C=O) groups excluding carboxylic acids is 1. The van der Waals surface area contributed by atoms with E-state index in [4.69, 9.17) is 4.74 Å². The van der Waals surface area contributed by atoms with E-state index in [1.54, 1.807) is 7.11 Å². The molecule has 5 nitrogen and oxygen atoms in total. The molecular formula is C20H19NO4S. The first-order chi connectivity index (χ1) is 12.4. The standard InChI is InChI=1S/C20H19NO4S/c1-25-19-12-9-14-5-3-4-6-17(14)18(19)13-21-20(22)15-7-10-16(11-8-15)26(2,23)24/h3-12H,13H2,1-2H3,(H,21,22). The van der Waals surface area contributed by atoms with E-state index in [0.29, 0.717) is 17.9 Å². The lowest BCUT2D eigenvalue weighted by Crippen LogP contribution is -2.23. The predicted octanol–water partition coefficient (Wildman–Crippen LogP) is 3.18. The highest BCUT2D eigenvalue weighted by molar-refractivity contribution is 7.90. The first-order valence-corrected chi connectivity index (χ1v) is 9.92. The van der Waals surface area contributed by atoms with Crippen LogP contribution in [0.3, 0.4) is 0 Å². The second-order valence-corrected chi connectivity index (χ2v) is 7.96. The zero-order chi connectivity index (χ0) is 18.7. The van der Waals surface area contributed by atoms with Crippen LogP contribution in [-0.4, -0.2) is 27.7 Å². The smallest absolute Gasteiger partial charge is 0.251 e. The van der Waals surface area contributed by atoms with Gasteiger partial charge in [0.15, 0.2) is 9.84 Å². The van der Waals surface area contributed by atoms with Crippen LogP contribution in [0.1, 0.15) is 15.9 Å². The van der Waals surface area contributed by atoms with Gasteiger partial charge in [0.25, 0.3) is 5.91 Å². The third kappa shape index (κ3) is 3.70. The van der Waals surface area contributed by atoms with Gasteiger partial charge in [-0.2, -0.15) is 0 Å². The number of nitrogens with one attached hydrogen (secondary N) is 1. The van der Waals surface area contributed by atoms with Gasteiger partial charge in [-0.15, -0.1) is 0 Å². The summed E-state index contributed by atoms with van der Waals surface area (Å²) in [6.45, 7) is 0.303. The van der Waals surface area contributed by atoms with Gasteiger partial charge in [-0.3, -0.25) is 4.79 Å². The maximum Gasteiger partial charge on any atom is 0.251 e. The van der Waals surface area contributed by atoms with Crippen molar-refractivity contribution < 1.29 is 17.9 Å². The fraction of sp³-hybridized carbons (Fsp3) is 0.150. The Bertz CT molecular complexity index is 1060. The average molecular weight is 369 g/mol. The molecule has 0 saturated carbocycles. The zero-order valence-corrected chi connectivity index (χ0v) is 15.3. The van der Waals surface area contributed by atoms with Gasteiger partial charge in [-0.05, 0) is 41.1 Å². The van der Waals surface area contributed by atoms with E-state index in [0.717, 1.165) is 22.6 Å². The molecule has 0 atom stereocenters. The van der Waals surface area contributed by atoms with E-state index in [9.17, 15) is 13.2 Å². The summed E-state index contributed by atoms with van der Waals surface area (Å²) in [5.74, 6) is 0.427. The number of ether oxygens (including phenoxy) is 1. The van der Waals surface area contributed by atoms with E-state index < -0.39 is 9.84 Å². The van der Waals surface area contributed by atoms with Gasteiger partial charge in [-0.25, -0.2) is 8.42 Å². The molecule has 0 aliphatic rings. The van der Waals surface area contributed by atoms with Gasteiger partial charge < -0.3 is 10.1 Å². The van der Waals surface area contributed by atoms with Crippen LogP contribution in [0, 0.1) is 0 Å². The topological polar surface area (TPSA) is 72.5 Å².